The Balaban J connectivity index is 2.29. The van der Waals surface area contributed by atoms with Crippen LogP contribution in [0.4, 0.5) is 0 Å². The van der Waals surface area contributed by atoms with Gasteiger partial charge in [0, 0.05) is 0 Å². The smallest absolute Gasteiger partial charge is 0.127 e. The fourth-order valence-corrected chi connectivity index (χ4v) is 2.07. The molecule has 0 atom stereocenters. The Morgan fingerprint density at radius 3 is 2.00 bits per heavy atom. The molecule has 2 rings (SSSR count). The summed E-state index contributed by atoms with van der Waals surface area (Å²) in [6.07, 6.45) is 2.14. The summed E-state index contributed by atoms with van der Waals surface area (Å²) in [5, 5.41) is 0. The number of para-hydroxylation sites is 1. The molecule has 0 amide bonds. The van der Waals surface area contributed by atoms with E-state index in [0.29, 0.717) is 0 Å². The summed E-state index contributed by atoms with van der Waals surface area (Å²) in [4.78, 5) is 0. The zero-order valence-electron chi connectivity index (χ0n) is 10.5. The van der Waals surface area contributed by atoms with Gasteiger partial charge in [-0.2, -0.15) is 0 Å². The Morgan fingerprint density at radius 2 is 1.47 bits per heavy atom. The SMILES string of the molecule is C[CH]c1c(C)cc(Oc2ccccc2)cc1C. The van der Waals surface area contributed by atoms with Crippen LogP contribution in [-0.4, -0.2) is 0 Å². The molecule has 0 aromatic heterocycles. The molecule has 1 heteroatoms. The van der Waals surface area contributed by atoms with Crippen molar-refractivity contribution in [2.45, 2.75) is 20.8 Å². The minimum absolute atomic E-state index is 0.875. The van der Waals surface area contributed by atoms with E-state index in [4.69, 9.17) is 4.74 Å². The van der Waals surface area contributed by atoms with Crippen molar-refractivity contribution in [2.75, 3.05) is 0 Å². The van der Waals surface area contributed by atoms with E-state index in [-0.39, 0.29) is 0 Å². The first kappa shape index (κ1) is 11.7. The highest BCUT2D eigenvalue weighted by atomic mass is 16.5. The highest BCUT2D eigenvalue weighted by Gasteiger charge is 2.04. The van der Waals surface area contributed by atoms with Crippen molar-refractivity contribution >= 4 is 0 Å². The molecule has 87 valence electrons. The van der Waals surface area contributed by atoms with Crippen molar-refractivity contribution in [3.63, 3.8) is 0 Å². The van der Waals surface area contributed by atoms with Gasteiger partial charge in [0.15, 0.2) is 0 Å². The van der Waals surface area contributed by atoms with Crippen LogP contribution in [0, 0.1) is 20.3 Å². The van der Waals surface area contributed by atoms with Gasteiger partial charge in [0.05, 0.1) is 0 Å². The van der Waals surface area contributed by atoms with E-state index in [0.717, 1.165) is 11.5 Å². The first-order valence-electron chi connectivity index (χ1n) is 5.84. The summed E-state index contributed by atoms with van der Waals surface area (Å²) >= 11 is 0. The topological polar surface area (TPSA) is 9.23 Å². The van der Waals surface area contributed by atoms with Crippen LogP contribution in [0.15, 0.2) is 42.5 Å². The second kappa shape index (κ2) is 5.05. The van der Waals surface area contributed by atoms with Gasteiger partial charge in [-0.15, -0.1) is 0 Å². The highest BCUT2D eigenvalue weighted by molar-refractivity contribution is 5.45. The van der Waals surface area contributed by atoms with Crippen LogP contribution in [0.2, 0.25) is 0 Å². The van der Waals surface area contributed by atoms with Crippen molar-refractivity contribution in [3.8, 4) is 11.5 Å². The number of hydrogen-bond acceptors (Lipinski definition) is 1. The van der Waals surface area contributed by atoms with E-state index in [1.54, 1.807) is 0 Å². The van der Waals surface area contributed by atoms with E-state index in [1.165, 1.54) is 16.7 Å². The van der Waals surface area contributed by atoms with Gasteiger partial charge in [-0.3, -0.25) is 0 Å². The Bertz CT molecular complexity index is 477. The number of aryl methyl sites for hydroxylation is 2. The van der Waals surface area contributed by atoms with Crippen LogP contribution in [0.5, 0.6) is 11.5 Å². The number of hydrogen-bond donors (Lipinski definition) is 0. The monoisotopic (exact) mass is 225 g/mol. The molecular weight excluding hydrogens is 208 g/mol. The van der Waals surface area contributed by atoms with Gasteiger partial charge < -0.3 is 4.74 Å². The molecule has 17 heavy (non-hydrogen) atoms. The number of ether oxygens (including phenoxy) is 1. The van der Waals surface area contributed by atoms with Gasteiger partial charge >= 0.3 is 0 Å². The minimum atomic E-state index is 0.875. The molecule has 1 radical (unpaired) electrons. The molecule has 0 heterocycles. The van der Waals surface area contributed by atoms with Gasteiger partial charge in [-0.1, -0.05) is 25.1 Å². The summed E-state index contributed by atoms with van der Waals surface area (Å²) in [6.45, 7) is 6.29. The number of rotatable bonds is 3. The Morgan fingerprint density at radius 1 is 0.882 bits per heavy atom. The molecule has 0 fully saturated rings. The second-order valence-corrected chi connectivity index (χ2v) is 4.17. The summed E-state index contributed by atoms with van der Waals surface area (Å²) in [7, 11) is 0. The van der Waals surface area contributed by atoms with Crippen LogP contribution >= 0.6 is 0 Å². The Hall–Kier alpha value is -1.76. The summed E-state index contributed by atoms with van der Waals surface area (Å²) in [5.74, 6) is 1.77. The fraction of sp³-hybridized carbons (Fsp3) is 0.188. The lowest BCUT2D eigenvalue weighted by Gasteiger charge is -2.11. The Labute approximate surface area is 103 Å². The van der Waals surface area contributed by atoms with Gasteiger partial charge in [0.1, 0.15) is 11.5 Å². The lowest BCUT2D eigenvalue weighted by molar-refractivity contribution is 0.481. The predicted molar refractivity (Wildman–Crippen MR) is 71.5 cm³/mol. The quantitative estimate of drug-likeness (QED) is 0.737. The van der Waals surface area contributed by atoms with Gasteiger partial charge in [-0.05, 0) is 61.2 Å². The van der Waals surface area contributed by atoms with E-state index < -0.39 is 0 Å². The molecule has 0 saturated carbocycles. The first-order valence-corrected chi connectivity index (χ1v) is 5.84. The molecule has 0 aliphatic rings. The lowest BCUT2D eigenvalue weighted by atomic mass is 10.0. The van der Waals surface area contributed by atoms with Crippen molar-refractivity contribution in [1.82, 2.24) is 0 Å². The lowest BCUT2D eigenvalue weighted by Crippen LogP contribution is -1.92. The summed E-state index contributed by atoms with van der Waals surface area (Å²) in [5.41, 5.74) is 3.79. The van der Waals surface area contributed by atoms with Crippen LogP contribution in [0.3, 0.4) is 0 Å². The standard InChI is InChI=1S/C16H17O/c1-4-16-12(2)10-15(11-13(16)3)17-14-8-6-5-7-9-14/h4-11H,1-3H3. The van der Waals surface area contributed by atoms with Gasteiger partial charge in [-0.25, -0.2) is 0 Å². The Kier molecular flexibility index (Phi) is 3.48. The molecule has 0 aliphatic heterocycles. The zero-order chi connectivity index (χ0) is 12.3. The fourth-order valence-electron chi connectivity index (χ4n) is 2.07. The maximum absolute atomic E-state index is 5.83. The molecule has 0 aliphatic carbocycles. The van der Waals surface area contributed by atoms with E-state index in [1.807, 2.05) is 30.3 Å². The molecule has 2 aromatic carbocycles. The van der Waals surface area contributed by atoms with E-state index in [2.05, 4.69) is 39.3 Å². The largest absolute Gasteiger partial charge is 0.457 e. The summed E-state index contributed by atoms with van der Waals surface area (Å²) < 4.78 is 5.83. The molecule has 0 N–H and O–H groups in total. The van der Waals surface area contributed by atoms with Crippen LogP contribution in [-0.2, 0) is 0 Å². The third kappa shape index (κ3) is 2.68. The molecule has 0 spiro atoms. The average Bonchev–Trinajstić information content (AvgIpc) is 2.30. The molecule has 0 unspecified atom stereocenters. The zero-order valence-corrected chi connectivity index (χ0v) is 10.5. The molecule has 0 bridgehead atoms. The molecule has 0 saturated heterocycles. The maximum atomic E-state index is 5.83. The van der Waals surface area contributed by atoms with E-state index >= 15 is 0 Å². The first-order chi connectivity index (χ1) is 8.20. The molecule has 2 aromatic rings. The maximum Gasteiger partial charge on any atom is 0.127 e. The highest BCUT2D eigenvalue weighted by Crippen LogP contribution is 2.26. The summed E-state index contributed by atoms with van der Waals surface area (Å²) in [6, 6.07) is 14.0. The van der Waals surface area contributed by atoms with Gasteiger partial charge in [0.25, 0.3) is 0 Å². The van der Waals surface area contributed by atoms with Gasteiger partial charge in [0.2, 0.25) is 0 Å². The third-order valence-electron chi connectivity index (χ3n) is 2.83. The predicted octanol–water partition coefficient (Wildman–Crippen LogP) is 4.67. The van der Waals surface area contributed by atoms with Crippen LogP contribution < -0.4 is 4.74 Å². The van der Waals surface area contributed by atoms with Crippen molar-refractivity contribution in [1.29, 1.82) is 0 Å². The molecular formula is C16H17O. The number of benzene rings is 2. The van der Waals surface area contributed by atoms with Crippen molar-refractivity contribution < 1.29 is 4.74 Å². The normalized spacial score (nSPS) is 10.3. The minimum Gasteiger partial charge on any atom is -0.457 e. The third-order valence-corrected chi connectivity index (χ3v) is 2.83. The van der Waals surface area contributed by atoms with Crippen molar-refractivity contribution in [3.05, 3.63) is 65.6 Å². The van der Waals surface area contributed by atoms with E-state index in [9.17, 15) is 0 Å². The van der Waals surface area contributed by atoms with Crippen LogP contribution in [0.25, 0.3) is 0 Å². The second-order valence-electron chi connectivity index (χ2n) is 4.17. The average molecular weight is 225 g/mol. The molecule has 1 nitrogen and oxygen atoms in total. The van der Waals surface area contributed by atoms with Crippen LogP contribution in [0.1, 0.15) is 23.6 Å². The van der Waals surface area contributed by atoms with Crippen molar-refractivity contribution in [2.24, 2.45) is 0 Å².